The number of nitrogens with zero attached hydrogens (tertiary/aromatic N) is 1. The van der Waals surface area contributed by atoms with E-state index in [0.717, 1.165) is 4.88 Å². The van der Waals surface area contributed by atoms with E-state index in [1.165, 1.54) is 12.1 Å². The van der Waals surface area contributed by atoms with Crippen LogP contribution in [0, 0.1) is 11.6 Å². The maximum absolute atomic E-state index is 14.1. The van der Waals surface area contributed by atoms with Gasteiger partial charge in [0.05, 0.1) is 11.7 Å². The lowest BCUT2D eigenvalue weighted by Gasteiger charge is -2.27. The van der Waals surface area contributed by atoms with Crippen molar-refractivity contribution in [1.82, 2.24) is 0 Å². The Kier molecular flexibility index (Phi) is 4.35. The summed E-state index contributed by atoms with van der Waals surface area (Å²) in [6.07, 6.45) is 0. The lowest BCUT2D eigenvalue weighted by atomic mass is 10.1. The van der Waals surface area contributed by atoms with Crippen LogP contribution in [0.25, 0.3) is 0 Å². The van der Waals surface area contributed by atoms with Crippen LogP contribution >= 0.6 is 23.6 Å². The summed E-state index contributed by atoms with van der Waals surface area (Å²) in [5.41, 5.74) is 5.47. The van der Waals surface area contributed by atoms with Crippen molar-refractivity contribution >= 4 is 34.2 Å². The molecule has 0 saturated heterocycles. The average molecular weight is 312 g/mol. The van der Waals surface area contributed by atoms with Gasteiger partial charge in [0.1, 0.15) is 4.99 Å². The van der Waals surface area contributed by atoms with Gasteiger partial charge in [-0.25, -0.2) is 8.78 Å². The van der Waals surface area contributed by atoms with Crippen molar-refractivity contribution in [3.05, 3.63) is 51.7 Å². The molecule has 0 bridgehead atoms. The Morgan fingerprint density at radius 1 is 1.30 bits per heavy atom. The van der Waals surface area contributed by atoms with E-state index in [-0.39, 0.29) is 22.3 Å². The zero-order chi connectivity index (χ0) is 14.9. The third kappa shape index (κ3) is 2.66. The van der Waals surface area contributed by atoms with Crippen molar-refractivity contribution in [2.45, 2.75) is 13.0 Å². The quantitative estimate of drug-likeness (QED) is 0.869. The molecule has 106 valence electrons. The van der Waals surface area contributed by atoms with Crippen LogP contribution in [0.2, 0.25) is 0 Å². The van der Waals surface area contributed by atoms with Gasteiger partial charge in [-0.3, -0.25) is 0 Å². The minimum atomic E-state index is -1.000. The monoisotopic (exact) mass is 312 g/mol. The molecule has 0 saturated carbocycles. The highest BCUT2D eigenvalue weighted by Crippen LogP contribution is 2.31. The molecule has 2 N–H and O–H groups in total. The lowest BCUT2D eigenvalue weighted by molar-refractivity contribution is 0.503. The van der Waals surface area contributed by atoms with Crippen molar-refractivity contribution in [3.8, 4) is 0 Å². The molecule has 2 nitrogen and oxygen atoms in total. The maximum Gasteiger partial charge on any atom is 0.182 e. The van der Waals surface area contributed by atoms with Crippen LogP contribution in [0.5, 0.6) is 0 Å². The Morgan fingerprint density at radius 2 is 2.00 bits per heavy atom. The summed E-state index contributed by atoms with van der Waals surface area (Å²) in [5.74, 6) is -1.93. The molecule has 0 amide bonds. The van der Waals surface area contributed by atoms with Gasteiger partial charge in [0.25, 0.3) is 0 Å². The molecule has 1 aromatic heterocycles. The van der Waals surface area contributed by atoms with Crippen molar-refractivity contribution in [2.24, 2.45) is 5.73 Å². The number of hydrogen-bond donors (Lipinski definition) is 1. The van der Waals surface area contributed by atoms with Crippen LogP contribution in [0.4, 0.5) is 14.5 Å². The lowest BCUT2D eigenvalue weighted by Crippen LogP contribution is -2.23. The Balaban J connectivity index is 2.38. The van der Waals surface area contributed by atoms with Crippen LogP contribution in [-0.4, -0.2) is 12.0 Å². The topological polar surface area (TPSA) is 29.3 Å². The SMILES string of the molecule is CC(c1cccs1)N(C)c1ccc(C(N)=S)c(F)c1F. The average Bonchev–Trinajstić information content (AvgIpc) is 2.93. The zero-order valence-electron chi connectivity index (χ0n) is 11.1. The van der Waals surface area contributed by atoms with Crippen molar-refractivity contribution < 1.29 is 8.78 Å². The molecular formula is C14H14F2N2S2. The molecule has 2 rings (SSSR count). The van der Waals surface area contributed by atoms with Gasteiger partial charge in [0.2, 0.25) is 0 Å². The number of rotatable bonds is 4. The fourth-order valence-electron chi connectivity index (χ4n) is 1.93. The van der Waals surface area contributed by atoms with Gasteiger partial charge in [-0.15, -0.1) is 11.3 Å². The first-order valence-electron chi connectivity index (χ1n) is 5.97. The number of thiophene rings is 1. The van der Waals surface area contributed by atoms with Crippen LogP contribution in [0.15, 0.2) is 29.6 Å². The Morgan fingerprint density at radius 3 is 2.55 bits per heavy atom. The molecule has 0 fully saturated rings. The van der Waals surface area contributed by atoms with E-state index < -0.39 is 11.6 Å². The van der Waals surface area contributed by atoms with E-state index in [0.29, 0.717) is 0 Å². The van der Waals surface area contributed by atoms with Gasteiger partial charge in [-0.05, 0) is 30.5 Å². The molecule has 20 heavy (non-hydrogen) atoms. The normalized spacial score (nSPS) is 12.2. The second kappa shape index (κ2) is 5.85. The fraction of sp³-hybridized carbons (Fsp3) is 0.214. The van der Waals surface area contributed by atoms with E-state index in [9.17, 15) is 8.78 Å². The largest absolute Gasteiger partial charge is 0.389 e. The summed E-state index contributed by atoms with van der Waals surface area (Å²) < 4.78 is 28.1. The molecule has 2 aromatic rings. The Labute approximate surface area is 125 Å². The standard InChI is InChI=1S/C14H14F2N2S2/c1-8(11-4-3-7-20-11)18(2)10-6-5-9(14(17)19)12(15)13(10)16/h3-8H,1-2H3,(H2,17,19). The fourth-order valence-corrected chi connectivity index (χ4v) is 2.91. The van der Waals surface area contributed by atoms with Crippen LogP contribution in [-0.2, 0) is 0 Å². The van der Waals surface area contributed by atoms with Gasteiger partial charge in [-0.2, -0.15) is 0 Å². The summed E-state index contributed by atoms with van der Waals surface area (Å²) in [7, 11) is 1.72. The van der Waals surface area contributed by atoms with E-state index in [1.807, 2.05) is 24.4 Å². The number of anilines is 1. The summed E-state index contributed by atoms with van der Waals surface area (Å²) in [5, 5.41) is 1.95. The highest BCUT2D eigenvalue weighted by Gasteiger charge is 2.21. The first-order valence-corrected chi connectivity index (χ1v) is 7.26. The molecule has 1 heterocycles. The molecule has 1 aromatic carbocycles. The number of halogens is 2. The number of benzene rings is 1. The summed E-state index contributed by atoms with van der Waals surface area (Å²) in [4.78, 5) is 2.61. The van der Waals surface area contributed by atoms with Crippen LogP contribution in [0.3, 0.4) is 0 Å². The van der Waals surface area contributed by atoms with E-state index in [1.54, 1.807) is 23.3 Å². The molecule has 0 aliphatic heterocycles. The molecule has 0 spiro atoms. The Bertz CT molecular complexity index is 626. The predicted octanol–water partition coefficient (Wildman–Crippen LogP) is 3.86. The molecular weight excluding hydrogens is 298 g/mol. The van der Waals surface area contributed by atoms with Crippen LogP contribution < -0.4 is 10.6 Å². The van der Waals surface area contributed by atoms with E-state index >= 15 is 0 Å². The molecule has 1 unspecified atom stereocenters. The van der Waals surface area contributed by atoms with Crippen molar-refractivity contribution in [3.63, 3.8) is 0 Å². The highest BCUT2D eigenvalue weighted by molar-refractivity contribution is 7.80. The number of thiocarbonyl (C=S) groups is 1. The second-order valence-electron chi connectivity index (χ2n) is 4.43. The second-order valence-corrected chi connectivity index (χ2v) is 5.85. The predicted molar refractivity (Wildman–Crippen MR) is 83.4 cm³/mol. The summed E-state index contributed by atoms with van der Waals surface area (Å²) in [6.45, 7) is 1.94. The highest BCUT2D eigenvalue weighted by atomic mass is 32.1. The Hall–Kier alpha value is -1.53. The minimum Gasteiger partial charge on any atom is -0.389 e. The van der Waals surface area contributed by atoms with Crippen molar-refractivity contribution in [2.75, 3.05) is 11.9 Å². The molecule has 0 aliphatic rings. The smallest absolute Gasteiger partial charge is 0.182 e. The molecule has 0 radical (unpaired) electrons. The molecule has 0 aliphatic carbocycles. The summed E-state index contributed by atoms with van der Waals surface area (Å²) in [6, 6.07) is 6.74. The van der Waals surface area contributed by atoms with Gasteiger partial charge >= 0.3 is 0 Å². The van der Waals surface area contributed by atoms with Gasteiger partial charge in [-0.1, -0.05) is 18.3 Å². The maximum atomic E-state index is 14.1. The number of hydrogen-bond acceptors (Lipinski definition) is 3. The van der Waals surface area contributed by atoms with Crippen LogP contribution in [0.1, 0.15) is 23.4 Å². The number of nitrogens with two attached hydrogens (primary N) is 1. The zero-order valence-corrected chi connectivity index (χ0v) is 12.7. The van der Waals surface area contributed by atoms with E-state index in [2.05, 4.69) is 0 Å². The first kappa shape index (κ1) is 14.9. The van der Waals surface area contributed by atoms with Crippen molar-refractivity contribution in [1.29, 1.82) is 0 Å². The minimum absolute atomic E-state index is 0.0559. The van der Waals surface area contributed by atoms with E-state index in [4.69, 9.17) is 18.0 Å². The first-order chi connectivity index (χ1) is 9.43. The molecule has 1 atom stereocenters. The third-order valence-corrected chi connectivity index (χ3v) is 4.51. The van der Waals surface area contributed by atoms with Gasteiger partial charge in [0.15, 0.2) is 11.6 Å². The molecule has 6 heteroatoms. The van der Waals surface area contributed by atoms with Gasteiger partial charge in [0, 0.05) is 17.5 Å². The van der Waals surface area contributed by atoms with Gasteiger partial charge < -0.3 is 10.6 Å². The summed E-state index contributed by atoms with van der Waals surface area (Å²) >= 11 is 6.27. The third-order valence-electron chi connectivity index (χ3n) is 3.24.